The van der Waals surface area contributed by atoms with Crippen LogP contribution in [-0.2, 0) is 0 Å². The van der Waals surface area contributed by atoms with Crippen molar-refractivity contribution in [3.63, 3.8) is 0 Å². The molecule has 0 heterocycles. The molecule has 3 nitrogen and oxygen atoms in total. The molecule has 2 atom stereocenters. The number of halogens is 4. The van der Waals surface area contributed by atoms with E-state index in [0.717, 1.165) is 0 Å². The van der Waals surface area contributed by atoms with Crippen LogP contribution < -0.4 is 0 Å². The van der Waals surface area contributed by atoms with Crippen LogP contribution in [0.25, 0.3) is 0 Å². The molecule has 78 valence electrons. The van der Waals surface area contributed by atoms with Gasteiger partial charge in [-0.1, -0.05) is 6.08 Å². The molecule has 0 saturated heterocycles. The maximum absolute atomic E-state index is 12.7. The average Bonchev–Trinajstić information content (AvgIpc) is 2.02. The Morgan fingerprint density at radius 2 is 2.00 bits per heavy atom. The van der Waals surface area contributed by atoms with Crippen molar-refractivity contribution in [3.8, 4) is 0 Å². The van der Waals surface area contributed by atoms with Gasteiger partial charge in [0.05, 0.1) is 5.57 Å². The third-order valence-corrected chi connectivity index (χ3v) is 1.71. The first-order chi connectivity index (χ1) is 6.32. The summed E-state index contributed by atoms with van der Waals surface area (Å²) in [5.74, 6) is 0. The zero-order valence-electron chi connectivity index (χ0n) is 6.66. The molecule has 14 heavy (non-hydrogen) atoms. The minimum atomic E-state index is -4.68. The van der Waals surface area contributed by atoms with Crippen LogP contribution in [0.2, 0.25) is 0 Å². The zero-order chi connectivity index (χ0) is 10.9. The molecule has 1 aliphatic carbocycles. The number of nitrogens with zero attached hydrogens (tertiary/aromatic N) is 1. The highest BCUT2D eigenvalue weighted by Crippen LogP contribution is 2.30. The van der Waals surface area contributed by atoms with E-state index in [1.54, 1.807) is 0 Å². The van der Waals surface area contributed by atoms with E-state index in [1.165, 1.54) is 0 Å². The molecule has 0 aromatic rings. The van der Waals surface area contributed by atoms with Gasteiger partial charge in [0.15, 0.2) is 6.17 Å². The smallest absolute Gasteiger partial charge is 0.264 e. The Balaban J connectivity index is 2.97. The van der Waals surface area contributed by atoms with Crippen LogP contribution in [0.5, 0.6) is 0 Å². The summed E-state index contributed by atoms with van der Waals surface area (Å²) < 4.78 is 48.8. The van der Waals surface area contributed by atoms with E-state index in [4.69, 9.17) is 0 Å². The Morgan fingerprint density at radius 3 is 2.43 bits per heavy atom. The summed E-state index contributed by atoms with van der Waals surface area (Å²) in [6.45, 7) is 0. The summed E-state index contributed by atoms with van der Waals surface area (Å²) in [5.41, 5.74) is -1.19. The highest BCUT2D eigenvalue weighted by Gasteiger charge is 2.39. The van der Waals surface area contributed by atoms with Crippen LogP contribution in [0.4, 0.5) is 17.6 Å². The van der Waals surface area contributed by atoms with Gasteiger partial charge in [-0.25, -0.2) is 4.39 Å². The molecular weight excluding hydrogens is 206 g/mol. The molecule has 0 amide bonds. The molecular formula is C7H5F4NO2. The largest absolute Gasteiger partial charge is 0.416 e. The van der Waals surface area contributed by atoms with Crippen molar-refractivity contribution >= 4 is 0 Å². The fourth-order valence-electron chi connectivity index (χ4n) is 1.01. The summed E-state index contributed by atoms with van der Waals surface area (Å²) >= 11 is 0. The molecule has 2 unspecified atom stereocenters. The van der Waals surface area contributed by atoms with Crippen LogP contribution in [-0.4, -0.2) is 23.3 Å². The molecule has 0 bridgehead atoms. The lowest BCUT2D eigenvalue weighted by molar-refractivity contribution is -0.515. The molecule has 7 heteroatoms. The molecule has 1 rings (SSSR count). The first-order valence-corrected chi connectivity index (χ1v) is 3.57. The van der Waals surface area contributed by atoms with E-state index in [0.29, 0.717) is 12.2 Å². The van der Waals surface area contributed by atoms with Gasteiger partial charge < -0.3 is 0 Å². The van der Waals surface area contributed by atoms with E-state index in [1.807, 2.05) is 0 Å². The summed E-state index contributed by atoms with van der Waals surface area (Å²) in [6, 6.07) is -1.95. The van der Waals surface area contributed by atoms with E-state index in [9.17, 15) is 27.7 Å². The molecule has 0 fully saturated rings. The molecule has 0 aromatic heterocycles. The van der Waals surface area contributed by atoms with Crippen LogP contribution in [0, 0.1) is 10.1 Å². The van der Waals surface area contributed by atoms with Crippen molar-refractivity contribution in [3.05, 3.63) is 33.9 Å². The van der Waals surface area contributed by atoms with E-state index in [2.05, 4.69) is 0 Å². The summed E-state index contributed by atoms with van der Waals surface area (Å²) in [6.07, 6.45) is -5.35. The van der Waals surface area contributed by atoms with E-state index in [-0.39, 0.29) is 6.08 Å². The monoisotopic (exact) mass is 211 g/mol. The standard InChI is InChI=1S/C7H5F4NO2/c8-5-2-1-4(7(9,10)11)3-6(5)12(13)14/h1-3,5-6H. The van der Waals surface area contributed by atoms with Crippen LogP contribution >= 0.6 is 0 Å². The first kappa shape index (κ1) is 10.7. The van der Waals surface area contributed by atoms with Gasteiger partial charge in [-0.2, -0.15) is 13.2 Å². The van der Waals surface area contributed by atoms with Crippen molar-refractivity contribution in [1.29, 1.82) is 0 Å². The number of nitro groups is 1. The zero-order valence-corrected chi connectivity index (χ0v) is 6.66. The average molecular weight is 211 g/mol. The van der Waals surface area contributed by atoms with E-state index >= 15 is 0 Å². The van der Waals surface area contributed by atoms with Crippen LogP contribution in [0.3, 0.4) is 0 Å². The first-order valence-electron chi connectivity index (χ1n) is 3.57. The fraction of sp³-hybridized carbons (Fsp3) is 0.429. The Hall–Kier alpha value is -1.40. The number of hydrogen-bond donors (Lipinski definition) is 0. The fourth-order valence-corrected chi connectivity index (χ4v) is 1.01. The Bertz CT molecular complexity index is 307. The van der Waals surface area contributed by atoms with Crippen LogP contribution in [0.15, 0.2) is 23.8 Å². The Morgan fingerprint density at radius 1 is 1.43 bits per heavy atom. The molecule has 0 aromatic carbocycles. The van der Waals surface area contributed by atoms with Gasteiger partial charge in [0.25, 0.3) is 6.04 Å². The molecule has 0 saturated carbocycles. The topological polar surface area (TPSA) is 43.1 Å². The third-order valence-electron chi connectivity index (χ3n) is 1.71. The lowest BCUT2D eigenvalue weighted by Gasteiger charge is -2.15. The second kappa shape index (κ2) is 3.39. The second-order valence-corrected chi connectivity index (χ2v) is 2.70. The summed E-state index contributed by atoms with van der Waals surface area (Å²) in [5, 5.41) is 10.2. The molecule has 1 aliphatic rings. The number of alkyl halides is 4. The van der Waals surface area contributed by atoms with Crippen molar-refractivity contribution in [2.24, 2.45) is 0 Å². The van der Waals surface area contributed by atoms with Gasteiger partial charge in [-0.05, 0) is 6.08 Å². The van der Waals surface area contributed by atoms with Gasteiger partial charge in [-0.15, -0.1) is 0 Å². The maximum atomic E-state index is 12.7. The molecule has 0 N–H and O–H groups in total. The third kappa shape index (κ3) is 2.09. The minimum Gasteiger partial charge on any atom is -0.264 e. The Kier molecular flexibility index (Phi) is 2.59. The molecule has 0 aliphatic heterocycles. The number of rotatable bonds is 1. The summed E-state index contributed by atoms with van der Waals surface area (Å²) in [4.78, 5) is 9.07. The predicted molar refractivity (Wildman–Crippen MR) is 39.0 cm³/mol. The SMILES string of the molecule is O=[N+]([O-])C1C=C(C(F)(F)F)C=CC1F. The lowest BCUT2D eigenvalue weighted by Crippen LogP contribution is -2.31. The number of allylic oxidation sites excluding steroid dienone is 2. The summed E-state index contributed by atoms with van der Waals surface area (Å²) in [7, 11) is 0. The van der Waals surface area contributed by atoms with Gasteiger partial charge in [0.1, 0.15) is 0 Å². The maximum Gasteiger partial charge on any atom is 0.416 e. The van der Waals surface area contributed by atoms with E-state index < -0.39 is 28.9 Å². The van der Waals surface area contributed by atoms with Gasteiger partial charge in [0, 0.05) is 11.0 Å². The molecule has 0 radical (unpaired) electrons. The van der Waals surface area contributed by atoms with Crippen molar-refractivity contribution in [2.75, 3.05) is 0 Å². The minimum absolute atomic E-state index is 0.282. The van der Waals surface area contributed by atoms with Crippen LogP contribution in [0.1, 0.15) is 0 Å². The quantitative estimate of drug-likeness (QED) is 0.378. The van der Waals surface area contributed by atoms with Gasteiger partial charge >= 0.3 is 6.18 Å². The van der Waals surface area contributed by atoms with Gasteiger partial charge in [0.2, 0.25) is 0 Å². The Labute approximate surface area is 75.9 Å². The predicted octanol–water partition coefficient (Wildman–Crippen LogP) is 2.03. The number of hydrogen-bond acceptors (Lipinski definition) is 2. The van der Waals surface area contributed by atoms with Crippen molar-refractivity contribution in [1.82, 2.24) is 0 Å². The van der Waals surface area contributed by atoms with Gasteiger partial charge in [-0.3, -0.25) is 10.1 Å². The highest BCUT2D eigenvalue weighted by molar-refractivity contribution is 5.30. The van der Waals surface area contributed by atoms with Crippen molar-refractivity contribution in [2.45, 2.75) is 18.4 Å². The van der Waals surface area contributed by atoms with Crippen molar-refractivity contribution < 1.29 is 22.5 Å². The lowest BCUT2D eigenvalue weighted by atomic mass is 10.0. The highest BCUT2D eigenvalue weighted by atomic mass is 19.4. The molecule has 0 spiro atoms. The second-order valence-electron chi connectivity index (χ2n) is 2.70. The normalized spacial score (nSPS) is 27.3.